The first kappa shape index (κ1) is 15.5. The van der Waals surface area contributed by atoms with Crippen molar-refractivity contribution in [1.29, 1.82) is 0 Å². The summed E-state index contributed by atoms with van der Waals surface area (Å²) in [6.45, 7) is 4.28. The molecule has 2 aromatic rings. The van der Waals surface area contributed by atoms with E-state index in [1.54, 1.807) is 6.20 Å². The van der Waals surface area contributed by atoms with E-state index >= 15 is 0 Å². The Balaban J connectivity index is 1.41. The number of rotatable bonds is 5. The van der Waals surface area contributed by atoms with E-state index in [0.29, 0.717) is 6.54 Å². The van der Waals surface area contributed by atoms with Crippen molar-refractivity contribution in [3.63, 3.8) is 0 Å². The molecule has 1 N–H and O–H groups in total. The minimum Gasteiger partial charge on any atom is -0.353 e. The minimum atomic E-state index is 0.168. The zero-order valence-corrected chi connectivity index (χ0v) is 13.2. The van der Waals surface area contributed by atoms with Crippen molar-refractivity contribution in [2.45, 2.75) is 6.54 Å². The number of aromatic nitrogens is 1. The molecule has 1 aromatic heterocycles. The number of piperazine rings is 1. The number of nitrogens with one attached hydrogen (secondary N) is 1. The molecule has 2 heterocycles. The van der Waals surface area contributed by atoms with Crippen LogP contribution in [0.15, 0.2) is 54.7 Å². The summed E-state index contributed by atoms with van der Waals surface area (Å²) in [5.74, 6) is 1.16. The van der Waals surface area contributed by atoms with Crippen LogP contribution in [0.25, 0.3) is 0 Å². The van der Waals surface area contributed by atoms with E-state index in [9.17, 15) is 4.79 Å². The highest BCUT2D eigenvalue weighted by atomic mass is 16.2. The lowest BCUT2D eigenvalue weighted by Crippen LogP contribution is -2.51. The molecule has 5 heteroatoms. The predicted molar refractivity (Wildman–Crippen MR) is 91.2 cm³/mol. The third-order valence-electron chi connectivity index (χ3n) is 4.05. The van der Waals surface area contributed by atoms with E-state index in [2.05, 4.69) is 27.3 Å². The first-order valence-corrected chi connectivity index (χ1v) is 8.01. The molecule has 1 aromatic carbocycles. The number of hydrogen-bond donors (Lipinski definition) is 1. The quantitative estimate of drug-likeness (QED) is 0.910. The molecule has 0 radical (unpaired) electrons. The molecule has 0 spiro atoms. The number of amides is 1. The lowest BCUT2D eigenvalue weighted by atomic mass is 10.2. The van der Waals surface area contributed by atoms with E-state index in [-0.39, 0.29) is 5.91 Å². The Morgan fingerprint density at radius 3 is 2.43 bits per heavy atom. The second-order valence-corrected chi connectivity index (χ2v) is 5.64. The van der Waals surface area contributed by atoms with Crippen LogP contribution >= 0.6 is 0 Å². The number of carbonyl (C=O) groups excluding carboxylic acids is 1. The second-order valence-electron chi connectivity index (χ2n) is 5.64. The topological polar surface area (TPSA) is 48.5 Å². The van der Waals surface area contributed by atoms with Crippen LogP contribution in [0.4, 0.5) is 5.82 Å². The van der Waals surface area contributed by atoms with Gasteiger partial charge >= 0.3 is 0 Å². The number of nitrogens with zero attached hydrogens (tertiary/aromatic N) is 3. The Hall–Kier alpha value is -2.40. The molecule has 23 heavy (non-hydrogen) atoms. The van der Waals surface area contributed by atoms with Gasteiger partial charge in [0.2, 0.25) is 5.91 Å². The van der Waals surface area contributed by atoms with Crippen molar-refractivity contribution in [1.82, 2.24) is 15.2 Å². The summed E-state index contributed by atoms with van der Waals surface area (Å²) in [6.07, 6.45) is 1.81. The van der Waals surface area contributed by atoms with Crippen LogP contribution in [0.1, 0.15) is 5.56 Å². The molecule has 1 aliphatic heterocycles. The van der Waals surface area contributed by atoms with Crippen LogP contribution in [-0.2, 0) is 11.3 Å². The highest BCUT2D eigenvalue weighted by Gasteiger charge is 2.21. The van der Waals surface area contributed by atoms with Crippen LogP contribution in [0.5, 0.6) is 0 Å². The van der Waals surface area contributed by atoms with Crippen LogP contribution in [0.3, 0.4) is 0 Å². The van der Waals surface area contributed by atoms with Gasteiger partial charge in [-0.15, -0.1) is 0 Å². The SMILES string of the molecule is O=C(CNCc1ccccc1)N1CCN(c2ccccn2)CC1. The molecular formula is C18H22N4O. The summed E-state index contributed by atoms with van der Waals surface area (Å²) in [7, 11) is 0. The van der Waals surface area contributed by atoms with Crippen LogP contribution in [-0.4, -0.2) is 48.5 Å². The van der Waals surface area contributed by atoms with Crippen molar-refractivity contribution < 1.29 is 4.79 Å². The third kappa shape index (κ3) is 4.29. The average molecular weight is 310 g/mol. The molecule has 0 unspecified atom stereocenters. The maximum Gasteiger partial charge on any atom is 0.236 e. The molecule has 0 bridgehead atoms. The Bertz CT molecular complexity index is 609. The largest absolute Gasteiger partial charge is 0.353 e. The van der Waals surface area contributed by atoms with Crippen molar-refractivity contribution in [2.75, 3.05) is 37.6 Å². The Kier molecular flexibility index (Phi) is 5.21. The van der Waals surface area contributed by atoms with Gasteiger partial charge in [0, 0.05) is 38.9 Å². The normalized spacial score (nSPS) is 14.8. The average Bonchev–Trinajstić information content (AvgIpc) is 2.63. The number of pyridine rings is 1. The zero-order chi connectivity index (χ0) is 15.9. The highest BCUT2D eigenvalue weighted by molar-refractivity contribution is 5.78. The van der Waals surface area contributed by atoms with E-state index in [1.165, 1.54) is 5.56 Å². The predicted octanol–water partition coefficient (Wildman–Crippen LogP) is 1.52. The molecule has 1 amide bonds. The van der Waals surface area contributed by atoms with Gasteiger partial charge in [-0.05, 0) is 17.7 Å². The van der Waals surface area contributed by atoms with E-state index in [0.717, 1.165) is 38.5 Å². The molecule has 0 aliphatic carbocycles. The standard InChI is InChI=1S/C18H22N4O/c23-18(15-19-14-16-6-2-1-3-7-16)22-12-10-21(11-13-22)17-8-4-5-9-20-17/h1-9,19H,10-15H2. The Labute approximate surface area is 136 Å². The summed E-state index contributed by atoms with van der Waals surface area (Å²) in [4.78, 5) is 20.8. The zero-order valence-electron chi connectivity index (χ0n) is 13.2. The van der Waals surface area contributed by atoms with Crippen LogP contribution in [0.2, 0.25) is 0 Å². The fraction of sp³-hybridized carbons (Fsp3) is 0.333. The van der Waals surface area contributed by atoms with Gasteiger partial charge in [-0.3, -0.25) is 4.79 Å². The lowest BCUT2D eigenvalue weighted by Gasteiger charge is -2.35. The molecule has 0 atom stereocenters. The summed E-state index contributed by atoms with van der Waals surface area (Å²) < 4.78 is 0. The highest BCUT2D eigenvalue weighted by Crippen LogP contribution is 2.12. The second kappa shape index (κ2) is 7.74. The fourth-order valence-electron chi connectivity index (χ4n) is 2.75. The van der Waals surface area contributed by atoms with E-state index < -0.39 is 0 Å². The minimum absolute atomic E-state index is 0.168. The number of hydrogen-bond acceptors (Lipinski definition) is 4. The summed E-state index contributed by atoms with van der Waals surface area (Å²) in [5, 5.41) is 3.22. The van der Waals surface area contributed by atoms with Gasteiger partial charge in [0.25, 0.3) is 0 Å². The summed E-state index contributed by atoms with van der Waals surface area (Å²) in [5.41, 5.74) is 1.19. The van der Waals surface area contributed by atoms with Gasteiger partial charge in [-0.1, -0.05) is 36.4 Å². The lowest BCUT2D eigenvalue weighted by molar-refractivity contribution is -0.130. The molecule has 1 fully saturated rings. The van der Waals surface area contributed by atoms with Gasteiger partial charge in [-0.25, -0.2) is 4.98 Å². The summed E-state index contributed by atoms with van der Waals surface area (Å²) in [6, 6.07) is 16.1. The molecule has 120 valence electrons. The maximum absolute atomic E-state index is 12.3. The number of carbonyl (C=O) groups is 1. The Morgan fingerprint density at radius 1 is 1.00 bits per heavy atom. The van der Waals surface area contributed by atoms with Gasteiger partial charge in [-0.2, -0.15) is 0 Å². The van der Waals surface area contributed by atoms with Crippen molar-refractivity contribution in [2.24, 2.45) is 0 Å². The van der Waals surface area contributed by atoms with Crippen molar-refractivity contribution in [3.05, 3.63) is 60.3 Å². The van der Waals surface area contributed by atoms with Gasteiger partial charge in [0.15, 0.2) is 0 Å². The fourth-order valence-corrected chi connectivity index (χ4v) is 2.75. The van der Waals surface area contributed by atoms with E-state index in [1.807, 2.05) is 41.3 Å². The smallest absolute Gasteiger partial charge is 0.236 e. The first-order valence-electron chi connectivity index (χ1n) is 8.01. The summed E-state index contributed by atoms with van der Waals surface area (Å²) >= 11 is 0. The van der Waals surface area contributed by atoms with Crippen LogP contribution < -0.4 is 10.2 Å². The monoisotopic (exact) mass is 310 g/mol. The molecule has 0 saturated carbocycles. The van der Waals surface area contributed by atoms with Crippen molar-refractivity contribution >= 4 is 11.7 Å². The third-order valence-corrected chi connectivity index (χ3v) is 4.05. The first-order chi connectivity index (χ1) is 11.3. The molecule has 3 rings (SSSR count). The van der Waals surface area contributed by atoms with E-state index in [4.69, 9.17) is 0 Å². The van der Waals surface area contributed by atoms with Crippen LogP contribution in [0, 0.1) is 0 Å². The molecule has 1 aliphatic rings. The van der Waals surface area contributed by atoms with Crippen molar-refractivity contribution in [3.8, 4) is 0 Å². The van der Waals surface area contributed by atoms with Gasteiger partial charge in [0.05, 0.1) is 6.54 Å². The molecule has 5 nitrogen and oxygen atoms in total. The number of benzene rings is 1. The molecular weight excluding hydrogens is 288 g/mol. The maximum atomic E-state index is 12.3. The van der Waals surface area contributed by atoms with Gasteiger partial charge < -0.3 is 15.1 Å². The molecule has 1 saturated heterocycles. The Morgan fingerprint density at radius 2 is 1.74 bits per heavy atom. The number of anilines is 1. The van der Waals surface area contributed by atoms with Gasteiger partial charge in [0.1, 0.15) is 5.82 Å².